The maximum atomic E-state index is 11.5. The van der Waals surface area contributed by atoms with Crippen molar-refractivity contribution in [2.45, 2.75) is 24.5 Å². The summed E-state index contributed by atoms with van der Waals surface area (Å²) in [7, 11) is 0. The average Bonchev–Trinajstić information content (AvgIpc) is 2.97. The summed E-state index contributed by atoms with van der Waals surface area (Å²) in [6.45, 7) is 2.39. The van der Waals surface area contributed by atoms with Crippen LogP contribution in [0.3, 0.4) is 0 Å². The summed E-state index contributed by atoms with van der Waals surface area (Å²) in [6.07, 6.45) is 0. The van der Waals surface area contributed by atoms with Gasteiger partial charge in [0.05, 0.1) is 5.37 Å². The van der Waals surface area contributed by atoms with E-state index in [0.29, 0.717) is 0 Å². The molecule has 1 aromatic rings. The molecule has 5 heteroatoms. The van der Waals surface area contributed by atoms with Crippen molar-refractivity contribution >= 4 is 17.7 Å². The Bertz CT molecular complexity index is 435. The van der Waals surface area contributed by atoms with Crippen molar-refractivity contribution in [1.82, 2.24) is 10.2 Å². The molecular formula is C13H16N2O2S. The van der Waals surface area contributed by atoms with E-state index >= 15 is 0 Å². The highest BCUT2D eigenvalue weighted by Gasteiger charge is 2.38. The van der Waals surface area contributed by atoms with Crippen LogP contribution >= 0.6 is 11.8 Å². The van der Waals surface area contributed by atoms with Gasteiger partial charge in [-0.25, -0.2) is 0 Å². The second-order valence-corrected chi connectivity index (χ2v) is 5.95. The molecule has 96 valence electrons. The van der Waals surface area contributed by atoms with Crippen molar-refractivity contribution in [3.63, 3.8) is 0 Å². The molecule has 0 radical (unpaired) electrons. The van der Waals surface area contributed by atoms with Crippen molar-refractivity contribution in [1.29, 1.82) is 0 Å². The first-order valence-corrected chi connectivity index (χ1v) is 7.19. The van der Waals surface area contributed by atoms with E-state index in [1.807, 2.05) is 12.1 Å². The Morgan fingerprint density at radius 1 is 1.39 bits per heavy atom. The SMILES string of the molecule is O=C(O)C(C1NCCS1)N1Cc2ccccc2C1. The van der Waals surface area contributed by atoms with Crippen LogP contribution in [-0.2, 0) is 17.9 Å². The van der Waals surface area contributed by atoms with Gasteiger partial charge in [-0.1, -0.05) is 24.3 Å². The van der Waals surface area contributed by atoms with Gasteiger partial charge in [-0.05, 0) is 11.1 Å². The summed E-state index contributed by atoms with van der Waals surface area (Å²) < 4.78 is 0. The predicted molar refractivity (Wildman–Crippen MR) is 71.4 cm³/mol. The van der Waals surface area contributed by atoms with Crippen LogP contribution < -0.4 is 5.32 Å². The van der Waals surface area contributed by atoms with Crippen molar-refractivity contribution in [2.24, 2.45) is 0 Å². The van der Waals surface area contributed by atoms with Crippen LogP contribution in [-0.4, -0.2) is 39.7 Å². The molecule has 4 nitrogen and oxygen atoms in total. The molecule has 0 aromatic heterocycles. The van der Waals surface area contributed by atoms with Crippen LogP contribution in [0, 0.1) is 0 Å². The third-order valence-corrected chi connectivity index (χ3v) is 4.77. The fourth-order valence-corrected chi connectivity index (χ4v) is 3.88. The summed E-state index contributed by atoms with van der Waals surface area (Å²) in [6, 6.07) is 7.76. The molecule has 0 amide bonds. The maximum absolute atomic E-state index is 11.5. The van der Waals surface area contributed by atoms with E-state index in [9.17, 15) is 9.90 Å². The first-order chi connectivity index (χ1) is 8.75. The largest absolute Gasteiger partial charge is 0.480 e. The van der Waals surface area contributed by atoms with E-state index < -0.39 is 12.0 Å². The standard InChI is InChI=1S/C13H16N2O2S/c16-13(17)11(12-14-5-6-18-12)15-7-9-3-1-2-4-10(9)8-15/h1-4,11-12,14H,5-8H2,(H,16,17). The first-order valence-electron chi connectivity index (χ1n) is 6.14. The summed E-state index contributed by atoms with van der Waals surface area (Å²) in [5.41, 5.74) is 2.51. The molecule has 2 aliphatic rings. The highest BCUT2D eigenvalue weighted by atomic mass is 32.2. The fraction of sp³-hybridized carbons (Fsp3) is 0.462. The van der Waals surface area contributed by atoms with Crippen LogP contribution in [0.1, 0.15) is 11.1 Å². The van der Waals surface area contributed by atoms with Gasteiger partial charge in [0.15, 0.2) is 0 Å². The van der Waals surface area contributed by atoms with Gasteiger partial charge < -0.3 is 10.4 Å². The summed E-state index contributed by atoms with van der Waals surface area (Å²) >= 11 is 1.71. The van der Waals surface area contributed by atoms with E-state index in [-0.39, 0.29) is 5.37 Å². The van der Waals surface area contributed by atoms with E-state index in [1.54, 1.807) is 11.8 Å². The lowest BCUT2D eigenvalue weighted by Gasteiger charge is -2.28. The molecule has 2 N–H and O–H groups in total. The molecule has 0 spiro atoms. The van der Waals surface area contributed by atoms with Gasteiger partial charge >= 0.3 is 5.97 Å². The number of hydrogen-bond acceptors (Lipinski definition) is 4. The molecule has 1 aromatic carbocycles. The van der Waals surface area contributed by atoms with Crippen molar-refractivity contribution in [2.75, 3.05) is 12.3 Å². The number of fused-ring (bicyclic) bond motifs is 1. The quantitative estimate of drug-likeness (QED) is 0.857. The number of thioether (sulfide) groups is 1. The monoisotopic (exact) mass is 264 g/mol. The number of carbonyl (C=O) groups is 1. The summed E-state index contributed by atoms with van der Waals surface area (Å²) in [5, 5.41) is 12.8. The highest BCUT2D eigenvalue weighted by molar-refractivity contribution is 8.00. The van der Waals surface area contributed by atoms with Gasteiger partial charge in [0.1, 0.15) is 6.04 Å². The molecule has 1 fully saturated rings. The zero-order valence-electron chi connectivity index (χ0n) is 10.0. The minimum absolute atomic E-state index is 0.0109. The third kappa shape index (κ3) is 2.13. The topological polar surface area (TPSA) is 52.6 Å². The van der Waals surface area contributed by atoms with Crippen LogP contribution in [0.15, 0.2) is 24.3 Å². The molecule has 2 unspecified atom stereocenters. The Hall–Kier alpha value is -1.04. The lowest BCUT2D eigenvalue weighted by atomic mass is 10.1. The molecule has 18 heavy (non-hydrogen) atoms. The minimum Gasteiger partial charge on any atom is -0.480 e. The van der Waals surface area contributed by atoms with Gasteiger partial charge in [-0.15, -0.1) is 11.8 Å². The summed E-state index contributed by atoms with van der Waals surface area (Å²) in [5.74, 6) is 0.268. The van der Waals surface area contributed by atoms with Crippen molar-refractivity contribution in [3.8, 4) is 0 Å². The molecule has 0 saturated carbocycles. The van der Waals surface area contributed by atoms with E-state index in [1.165, 1.54) is 11.1 Å². The minimum atomic E-state index is -0.727. The molecule has 2 atom stereocenters. The van der Waals surface area contributed by atoms with Crippen LogP contribution in [0.2, 0.25) is 0 Å². The van der Waals surface area contributed by atoms with Crippen molar-refractivity contribution in [3.05, 3.63) is 35.4 Å². The average molecular weight is 264 g/mol. The lowest BCUT2D eigenvalue weighted by molar-refractivity contribution is -0.143. The van der Waals surface area contributed by atoms with Gasteiger partial charge in [0, 0.05) is 25.4 Å². The Kier molecular flexibility index (Phi) is 3.28. The van der Waals surface area contributed by atoms with Crippen LogP contribution in [0.5, 0.6) is 0 Å². The Morgan fingerprint density at radius 3 is 2.56 bits per heavy atom. The molecule has 0 aliphatic carbocycles. The molecule has 2 aliphatic heterocycles. The van der Waals surface area contributed by atoms with Crippen molar-refractivity contribution < 1.29 is 9.90 Å². The maximum Gasteiger partial charge on any atom is 0.323 e. The third-order valence-electron chi connectivity index (χ3n) is 3.54. The molecule has 3 rings (SSSR count). The second kappa shape index (κ2) is 4.91. The highest BCUT2D eigenvalue weighted by Crippen LogP contribution is 2.29. The zero-order chi connectivity index (χ0) is 12.5. The van der Waals surface area contributed by atoms with Crippen LogP contribution in [0.25, 0.3) is 0 Å². The number of carboxylic acid groups (broad SMARTS) is 1. The van der Waals surface area contributed by atoms with E-state index in [0.717, 1.165) is 25.4 Å². The first kappa shape index (κ1) is 12.0. The van der Waals surface area contributed by atoms with Gasteiger partial charge in [0.25, 0.3) is 0 Å². The zero-order valence-corrected chi connectivity index (χ0v) is 10.8. The number of nitrogens with one attached hydrogen (secondary N) is 1. The van der Waals surface area contributed by atoms with Gasteiger partial charge in [0.2, 0.25) is 0 Å². The predicted octanol–water partition coefficient (Wildman–Crippen LogP) is 1.12. The normalized spacial score (nSPS) is 25.0. The van der Waals surface area contributed by atoms with E-state index in [2.05, 4.69) is 22.3 Å². The van der Waals surface area contributed by atoms with Crippen LogP contribution in [0.4, 0.5) is 0 Å². The van der Waals surface area contributed by atoms with Gasteiger partial charge in [-0.2, -0.15) is 0 Å². The number of rotatable bonds is 3. The number of carboxylic acids is 1. The van der Waals surface area contributed by atoms with Gasteiger partial charge in [-0.3, -0.25) is 9.69 Å². The fourth-order valence-electron chi connectivity index (χ4n) is 2.68. The number of hydrogen-bond donors (Lipinski definition) is 2. The molecule has 2 heterocycles. The summed E-state index contributed by atoms with van der Waals surface area (Å²) in [4.78, 5) is 13.6. The Balaban J connectivity index is 1.79. The number of benzene rings is 1. The number of nitrogens with zero attached hydrogens (tertiary/aromatic N) is 1. The molecular weight excluding hydrogens is 248 g/mol. The Labute approximate surface area is 110 Å². The number of aliphatic carboxylic acids is 1. The Morgan fingerprint density at radius 2 is 2.06 bits per heavy atom. The second-order valence-electron chi connectivity index (χ2n) is 4.70. The lowest BCUT2D eigenvalue weighted by Crippen LogP contribution is -2.49. The molecule has 0 bridgehead atoms. The molecule has 1 saturated heterocycles. The van der Waals surface area contributed by atoms with E-state index in [4.69, 9.17) is 0 Å². The smallest absolute Gasteiger partial charge is 0.323 e.